The van der Waals surface area contributed by atoms with Gasteiger partial charge in [-0.2, -0.15) is 0 Å². The third-order valence-electron chi connectivity index (χ3n) is 3.35. The molecule has 2 heterocycles. The number of rotatable bonds is 2. The number of benzene rings is 2. The van der Waals surface area contributed by atoms with Gasteiger partial charge in [0.15, 0.2) is 4.96 Å². The van der Waals surface area contributed by atoms with Gasteiger partial charge in [0.1, 0.15) is 0 Å². The fourth-order valence-electron chi connectivity index (χ4n) is 2.46. The number of imidazole rings is 1. The summed E-state index contributed by atoms with van der Waals surface area (Å²) in [5.74, 6) is 0. The van der Waals surface area contributed by atoms with Gasteiger partial charge in [-0.05, 0) is 17.7 Å². The molecule has 0 radical (unpaired) electrons. The smallest absolute Gasteiger partial charge is 0.194 e. The molecule has 0 amide bonds. The average Bonchev–Trinajstić information content (AvgIpc) is 3.00. The summed E-state index contributed by atoms with van der Waals surface area (Å²) in [7, 11) is 0. The standard InChI is InChI=1S/C16H12N2S/c1-2-6-12(7-3-1)10-13-11-19-16-17-14-8-4-5-9-15(14)18(13)16/h1-9,11H,10H2. The van der Waals surface area contributed by atoms with E-state index in [2.05, 4.69) is 63.3 Å². The van der Waals surface area contributed by atoms with Gasteiger partial charge in [0.25, 0.3) is 0 Å². The fourth-order valence-corrected chi connectivity index (χ4v) is 3.36. The molecular formula is C16H12N2S. The number of nitrogens with zero attached hydrogens (tertiary/aromatic N) is 2. The van der Waals surface area contributed by atoms with Gasteiger partial charge in [0.05, 0.1) is 11.0 Å². The molecule has 0 aliphatic rings. The average molecular weight is 264 g/mol. The number of fused-ring (bicyclic) bond motifs is 3. The van der Waals surface area contributed by atoms with Crippen molar-refractivity contribution in [3.05, 3.63) is 71.2 Å². The second-order valence-electron chi connectivity index (χ2n) is 4.61. The third-order valence-corrected chi connectivity index (χ3v) is 4.22. The van der Waals surface area contributed by atoms with E-state index in [1.165, 1.54) is 16.8 Å². The molecule has 4 rings (SSSR count). The summed E-state index contributed by atoms with van der Waals surface area (Å²) in [5, 5.41) is 2.21. The highest BCUT2D eigenvalue weighted by Crippen LogP contribution is 2.24. The molecule has 4 aromatic rings. The van der Waals surface area contributed by atoms with E-state index in [1.807, 2.05) is 6.07 Å². The van der Waals surface area contributed by atoms with Crippen molar-refractivity contribution in [2.75, 3.05) is 0 Å². The Hall–Kier alpha value is -2.13. The van der Waals surface area contributed by atoms with Crippen LogP contribution in [0.15, 0.2) is 60.0 Å². The van der Waals surface area contributed by atoms with Crippen LogP contribution in [0.3, 0.4) is 0 Å². The molecule has 2 aromatic heterocycles. The lowest BCUT2D eigenvalue weighted by atomic mass is 10.1. The molecule has 0 spiro atoms. The molecule has 92 valence electrons. The highest BCUT2D eigenvalue weighted by molar-refractivity contribution is 7.15. The lowest BCUT2D eigenvalue weighted by Crippen LogP contribution is -1.92. The molecule has 0 aliphatic heterocycles. The minimum atomic E-state index is 0.946. The van der Waals surface area contributed by atoms with Gasteiger partial charge in [-0.1, -0.05) is 42.5 Å². The molecule has 2 nitrogen and oxygen atoms in total. The lowest BCUT2D eigenvalue weighted by Gasteiger charge is -2.01. The molecule has 0 bridgehead atoms. The quantitative estimate of drug-likeness (QED) is 0.532. The number of hydrogen-bond acceptors (Lipinski definition) is 2. The summed E-state index contributed by atoms with van der Waals surface area (Å²) in [4.78, 5) is 5.73. The summed E-state index contributed by atoms with van der Waals surface area (Å²) in [6.07, 6.45) is 0.946. The van der Waals surface area contributed by atoms with E-state index in [0.717, 1.165) is 16.9 Å². The van der Waals surface area contributed by atoms with Gasteiger partial charge in [0, 0.05) is 17.5 Å². The predicted molar refractivity (Wildman–Crippen MR) is 79.8 cm³/mol. The first-order valence-electron chi connectivity index (χ1n) is 6.29. The van der Waals surface area contributed by atoms with E-state index < -0.39 is 0 Å². The van der Waals surface area contributed by atoms with Crippen molar-refractivity contribution in [1.29, 1.82) is 0 Å². The zero-order chi connectivity index (χ0) is 12.7. The molecule has 2 aromatic carbocycles. The summed E-state index contributed by atoms with van der Waals surface area (Å²) in [6, 6.07) is 18.9. The first kappa shape index (κ1) is 10.8. The van der Waals surface area contributed by atoms with Crippen LogP contribution in [0.25, 0.3) is 16.0 Å². The molecule has 0 atom stereocenters. The minimum Gasteiger partial charge on any atom is -0.287 e. The van der Waals surface area contributed by atoms with Crippen molar-refractivity contribution >= 4 is 27.3 Å². The Morgan fingerprint density at radius 3 is 2.63 bits per heavy atom. The Balaban J connectivity index is 1.90. The zero-order valence-electron chi connectivity index (χ0n) is 10.3. The summed E-state index contributed by atoms with van der Waals surface area (Å²) < 4.78 is 2.27. The molecule has 0 fully saturated rings. The van der Waals surface area contributed by atoms with Gasteiger partial charge in [-0.3, -0.25) is 4.40 Å². The SMILES string of the molecule is c1ccc(Cc2csc3nc4ccccc4n23)cc1. The summed E-state index contributed by atoms with van der Waals surface area (Å²) >= 11 is 1.71. The molecular weight excluding hydrogens is 252 g/mol. The molecule has 0 saturated heterocycles. The lowest BCUT2D eigenvalue weighted by molar-refractivity contribution is 1.06. The summed E-state index contributed by atoms with van der Waals surface area (Å²) in [5.41, 5.74) is 4.91. The van der Waals surface area contributed by atoms with Crippen molar-refractivity contribution in [1.82, 2.24) is 9.38 Å². The van der Waals surface area contributed by atoms with E-state index in [1.54, 1.807) is 11.3 Å². The number of aromatic nitrogens is 2. The monoisotopic (exact) mass is 264 g/mol. The van der Waals surface area contributed by atoms with Crippen LogP contribution < -0.4 is 0 Å². The van der Waals surface area contributed by atoms with E-state index >= 15 is 0 Å². The van der Waals surface area contributed by atoms with Crippen molar-refractivity contribution in [2.24, 2.45) is 0 Å². The molecule has 0 saturated carbocycles. The van der Waals surface area contributed by atoms with Crippen molar-refractivity contribution in [2.45, 2.75) is 6.42 Å². The Morgan fingerprint density at radius 2 is 1.74 bits per heavy atom. The van der Waals surface area contributed by atoms with Crippen LogP contribution >= 0.6 is 11.3 Å². The summed E-state index contributed by atoms with van der Waals surface area (Å²) in [6.45, 7) is 0. The third kappa shape index (κ3) is 1.74. The maximum atomic E-state index is 4.66. The van der Waals surface area contributed by atoms with Crippen LogP contribution in [-0.2, 0) is 6.42 Å². The second kappa shape index (κ2) is 4.21. The highest BCUT2D eigenvalue weighted by Gasteiger charge is 2.10. The first-order chi connectivity index (χ1) is 9.42. The largest absolute Gasteiger partial charge is 0.287 e. The van der Waals surface area contributed by atoms with E-state index in [4.69, 9.17) is 0 Å². The van der Waals surface area contributed by atoms with Crippen LogP contribution in [0.1, 0.15) is 11.3 Å². The molecule has 19 heavy (non-hydrogen) atoms. The molecule has 0 N–H and O–H groups in total. The Bertz CT molecular complexity index is 843. The number of hydrogen-bond donors (Lipinski definition) is 0. The highest BCUT2D eigenvalue weighted by atomic mass is 32.1. The maximum Gasteiger partial charge on any atom is 0.194 e. The van der Waals surface area contributed by atoms with Crippen LogP contribution in [0.5, 0.6) is 0 Å². The molecule has 0 unspecified atom stereocenters. The number of para-hydroxylation sites is 2. The van der Waals surface area contributed by atoms with Gasteiger partial charge >= 0.3 is 0 Å². The Labute approximate surface area is 115 Å². The van der Waals surface area contributed by atoms with Crippen LogP contribution in [0.4, 0.5) is 0 Å². The zero-order valence-corrected chi connectivity index (χ0v) is 11.1. The minimum absolute atomic E-state index is 0.946. The molecule has 0 aliphatic carbocycles. The van der Waals surface area contributed by atoms with Crippen LogP contribution in [0, 0.1) is 0 Å². The van der Waals surface area contributed by atoms with E-state index in [0.29, 0.717) is 0 Å². The predicted octanol–water partition coefficient (Wildman–Crippen LogP) is 4.14. The first-order valence-corrected chi connectivity index (χ1v) is 7.17. The van der Waals surface area contributed by atoms with Gasteiger partial charge in [-0.15, -0.1) is 11.3 Å². The second-order valence-corrected chi connectivity index (χ2v) is 5.44. The number of thiazole rings is 1. The topological polar surface area (TPSA) is 17.3 Å². The van der Waals surface area contributed by atoms with Crippen molar-refractivity contribution in [3.63, 3.8) is 0 Å². The van der Waals surface area contributed by atoms with Gasteiger partial charge in [-0.25, -0.2) is 4.98 Å². The Kier molecular flexibility index (Phi) is 2.38. The van der Waals surface area contributed by atoms with Crippen LogP contribution in [-0.4, -0.2) is 9.38 Å². The van der Waals surface area contributed by atoms with E-state index in [9.17, 15) is 0 Å². The molecule has 3 heteroatoms. The van der Waals surface area contributed by atoms with Gasteiger partial charge < -0.3 is 0 Å². The van der Waals surface area contributed by atoms with Crippen LogP contribution in [0.2, 0.25) is 0 Å². The van der Waals surface area contributed by atoms with E-state index in [-0.39, 0.29) is 0 Å². The fraction of sp³-hybridized carbons (Fsp3) is 0.0625. The van der Waals surface area contributed by atoms with Crippen molar-refractivity contribution in [3.8, 4) is 0 Å². The normalized spacial score (nSPS) is 11.4. The Morgan fingerprint density at radius 1 is 0.947 bits per heavy atom. The van der Waals surface area contributed by atoms with Crippen molar-refractivity contribution < 1.29 is 0 Å². The maximum absolute atomic E-state index is 4.66. The van der Waals surface area contributed by atoms with Gasteiger partial charge in [0.2, 0.25) is 0 Å².